The van der Waals surface area contributed by atoms with E-state index in [1.54, 1.807) is 34.8 Å². The molecule has 2 aromatic rings. The van der Waals surface area contributed by atoms with Crippen LogP contribution in [-0.2, 0) is 14.3 Å². The van der Waals surface area contributed by atoms with Gasteiger partial charge in [-0.15, -0.1) is 0 Å². The molecule has 0 radical (unpaired) electrons. The number of benzene rings is 2. The SMILES string of the molecule is COc1ccc(C)cc1.C[C@H](NC(=O)OC(C)(C)C)C(=O)O[C@@H](C)CCOc1ccc(F)cc1F. The van der Waals surface area contributed by atoms with Crippen LogP contribution in [0.25, 0.3) is 0 Å². The molecule has 0 bridgehead atoms. The highest BCUT2D eigenvalue weighted by atomic mass is 19.1. The number of rotatable bonds is 8. The van der Waals surface area contributed by atoms with E-state index >= 15 is 0 Å². The molecule has 35 heavy (non-hydrogen) atoms. The predicted octanol–water partition coefficient (Wildman–Crippen LogP) is 5.58. The van der Waals surface area contributed by atoms with Crippen LogP contribution in [0.15, 0.2) is 42.5 Å². The van der Waals surface area contributed by atoms with Gasteiger partial charge in [0.1, 0.15) is 29.3 Å². The zero-order chi connectivity index (χ0) is 26.6. The molecular formula is C26H35F2NO6. The molecule has 0 saturated carbocycles. The van der Waals surface area contributed by atoms with Crippen molar-refractivity contribution in [3.63, 3.8) is 0 Å². The lowest BCUT2D eigenvalue weighted by atomic mass is 10.2. The minimum Gasteiger partial charge on any atom is -0.497 e. The highest BCUT2D eigenvalue weighted by Crippen LogP contribution is 2.18. The summed E-state index contributed by atoms with van der Waals surface area (Å²) in [6, 6.07) is 10.1. The zero-order valence-electron chi connectivity index (χ0n) is 21.3. The third-order valence-corrected chi connectivity index (χ3v) is 4.34. The monoisotopic (exact) mass is 495 g/mol. The molecule has 2 atom stereocenters. The van der Waals surface area contributed by atoms with E-state index in [-0.39, 0.29) is 12.4 Å². The summed E-state index contributed by atoms with van der Waals surface area (Å²) in [6.45, 7) is 10.4. The Morgan fingerprint density at radius 1 is 1.03 bits per heavy atom. The molecule has 0 saturated heterocycles. The first-order chi connectivity index (χ1) is 16.3. The van der Waals surface area contributed by atoms with Gasteiger partial charge in [-0.3, -0.25) is 0 Å². The summed E-state index contributed by atoms with van der Waals surface area (Å²) < 4.78 is 46.6. The van der Waals surface area contributed by atoms with Crippen LogP contribution in [0.2, 0.25) is 0 Å². The molecule has 0 aliphatic heterocycles. The highest BCUT2D eigenvalue weighted by Gasteiger charge is 2.23. The maximum atomic E-state index is 13.4. The van der Waals surface area contributed by atoms with Crippen molar-refractivity contribution < 1.29 is 37.3 Å². The number of hydrogen-bond donors (Lipinski definition) is 1. The van der Waals surface area contributed by atoms with Gasteiger partial charge in [0.2, 0.25) is 0 Å². The van der Waals surface area contributed by atoms with Crippen molar-refractivity contribution in [1.29, 1.82) is 0 Å². The number of carbonyl (C=O) groups is 2. The van der Waals surface area contributed by atoms with Crippen molar-refractivity contribution >= 4 is 12.1 Å². The van der Waals surface area contributed by atoms with Crippen LogP contribution >= 0.6 is 0 Å². The van der Waals surface area contributed by atoms with E-state index in [2.05, 4.69) is 12.2 Å². The Kier molecular flexibility index (Phi) is 12.0. The Labute approximate surface area is 205 Å². The Hall–Kier alpha value is -3.36. The van der Waals surface area contributed by atoms with Gasteiger partial charge >= 0.3 is 12.1 Å². The van der Waals surface area contributed by atoms with Gasteiger partial charge in [0.25, 0.3) is 0 Å². The van der Waals surface area contributed by atoms with Crippen molar-refractivity contribution in [2.75, 3.05) is 13.7 Å². The van der Waals surface area contributed by atoms with E-state index in [1.165, 1.54) is 18.6 Å². The van der Waals surface area contributed by atoms with Crippen LogP contribution in [0, 0.1) is 18.6 Å². The number of nitrogens with one attached hydrogen (secondary N) is 1. The molecule has 2 aromatic carbocycles. The van der Waals surface area contributed by atoms with E-state index < -0.39 is 41.4 Å². The van der Waals surface area contributed by atoms with Crippen LogP contribution in [0.5, 0.6) is 11.5 Å². The fraction of sp³-hybridized carbons (Fsp3) is 0.462. The van der Waals surface area contributed by atoms with Crippen LogP contribution in [0.3, 0.4) is 0 Å². The smallest absolute Gasteiger partial charge is 0.408 e. The Balaban J connectivity index is 0.000000566. The van der Waals surface area contributed by atoms with Gasteiger partial charge in [0, 0.05) is 12.5 Å². The van der Waals surface area contributed by atoms with Crippen LogP contribution < -0.4 is 14.8 Å². The molecule has 0 unspecified atom stereocenters. The summed E-state index contributed by atoms with van der Waals surface area (Å²) in [7, 11) is 1.67. The third kappa shape index (κ3) is 12.6. The van der Waals surface area contributed by atoms with Crippen LogP contribution in [0.1, 0.15) is 46.6 Å². The lowest BCUT2D eigenvalue weighted by Gasteiger charge is -2.22. The van der Waals surface area contributed by atoms with Crippen molar-refractivity contribution in [2.24, 2.45) is 0 Å². The maximum Gasteiger partial charge on any atom is 0.408 e. The molecule has 2 rings (SSSR count). The molecule has 0 aromatic heterocycles. The number of alkyl carbamates (subject to hydrolysis) is 1. The highest BCUT2D eigenvalue weighted by molar-refractivity contribution is 5.81. The number of ether oxygens (including phenoxy) is 4. The number of aryl methyl sites for hydroxylation is 1. The van der Waals surface area contributed by atoms with Gasteiger partial charge in [-0.25, -0.2) is 18.4 Å². The molecular weight excluding hydrogens is 460 g/mol. The average Bonchev–Trinajstić information content (AvgIpc) is 2.75. The number of amides is 1. The van der Waals surface area contributed by atoms with Crippen molar-refractivity contribution in [3.8, 4) is 11.5 Å². The van der Waals surface area contributed by atoms with Gasteiger partial charge in [-0.2, -0.15) is 0 Å². The summed E-state index contributed by atoms with van der Waals surface area (Å²) >= 11 is 0. The standard InChI is InChI=1S/C18H25F2NO5.C8H10O/c1-11(8-9-24-15-7-6-13(19)10-14(15)20)25-16(22)12(2)21-17(23)26-18(3,4)5;1-7-3-5-8(9-2)6-4-7/h6-7,10-12H,8-9H2,1-5H3,(H,21,23);3-6H,1-2H3/t11-,12-;/m0./s1. The van der Waals surface area contributed by atoms with Crippen molar-refractivity contribution in [1.82, 2.24) is 5.32 Å². The molecule has 0 fully saturated rings. The van der Waals surface area contributed by atoms with Gasteiger partial charge < -0.3 is 24.3 Å². The number of methoxy groups -OCH3 is 1. The third-order valence-electron chi connectivity index (χ3n) is 4.34. The lowest BCUT2D eigenvalue weighted by Crippen LogP contribution is -2.43. The number of carbonyl (C=O) groups excluding carboxylic acids is 2. The van der Waals surface area contributed by atoms with E-state index in [4.69, 9.17) is 18.9 Å². The second-order valence-corrected chi connectivity index (χ2v) is 8.84. The molecule has 194 valence electrons. The first-order valence-corrected chi connectivity index (χ1v) is 11.2. The molecule has 0 aliphatic rings. The van der Waals surface area contributed by atoms with Gasteiger partial charge in [0.05, 0.1) is 13.7 Å². The van der Waals surface area contributed by atoms with E-state index in [9.17, 15) is 18.4 Å². The van der Waals surface area contributed by atoms with E-state index in [0.717, 1.165) is 17.9 Å². The van der Waals surface area contributed by atoms with Crippen LogP contribution in [0.4, 0.5) is 13.6 Å². The zero-order valence-corrected chi connectivity index (χ0v) is 21.3. The fourth-order valence-electron chi connectivity index (χ4n) is 2.50. The normalized spacial score (nSPS) is 12.4. The second kappa shape index (κ2) is 14.1. The fourth-order valence-corrected chi connectivity index (χ4v) is 2.50. The molecule has 7 nitrogen and oxygen atoms in total. The van der Waals surface area contributed by atoms with Gasteiger partial charge in [0.15, 0.2) is 11.6 Å². The summed E-state index contributed by atoms with van der Waals surface area (Å²) in [5.74, 6) is -1.28. The quantitative estimate of drug-likeness (QED) is 0.481. The summed E-state index contributed by atoms with van der Waals surface area (Å²) in [4.78, 5) is 23.6. The van der Waals surface area contributed by atoms with Crippen molar-refractivity contribution in [3.05, 3.63) is 59.7 Å². The van der Waals surface area contributed by atoms with Gasteiger partial charge in [-0.1, -0.05) is 17.7 Å². The van der Waals surface area contributed by atoms with E-state index in [1.807, 2.05) is 24.3 Å². The Morgan fingerprint density at radius 2 is 1.66 bits per heavy atom. The molecule has 0 heterocycles. The number of hydrogen-bond acceptors (Lipinski definition) is 6. The predicted molar refractivity (Wildman–Crippen MR) is 129 cm³/mol. The largest absolute Gasteiger partial charge is 0.497 e. The molecule has 0 aliphatic carbocycles. The molecule has 1 amide bonds. The second-order valence-electron chi connectivity index (χ2n) is 8.84. The Morgan fingerprint density at radius 3 is 2.20 bits per heavy atom. The first kappa shape index (κ1) is 29.7. The topological polar surface area (TPSA) is 83.1 Å². The number of esters is 1. The minimum absolute atomic E-state index is 0.0743. The maximum absolute atomic E-state index is 13.4. The number of halogens is 2. The summed E-state index contributed by atoms with van der Waals surface area (Å²) in [5.41, 5.74) is 0.587. The summed E-state index contributed by atoms with van der Waals surface area (Å²) in [5, 5.41) is 2.38. The molecule has 0 spiro atoms. The Bertz CT molecular complexity index is 944. The van der Waals surface area contributed by atoms with Crippen LogP contribution in [-0.4, -0.2) is 43.5 Å². The summed E-state index contributed by atoms with van der Waals surface area (Å²) in [6.07, 6.45) is -0.944. The van der Waals surface area contributed by atoms with E-state index in [0.29, 0.717) is 6.42 Å². The minimum atomic E-state index is -0.886. The van der Waals surface area contributed by atoms with Crippen molar-refractivity contribution in [2.45, 2.75) is 65.7 Å². The lowest BCUT2D eigenvalue weighted by molar-refractivity contribution is -0.150. The average molecular weight is 496 g/mol. The van der Waals surface area contributed by atoms with Gasteiger partial charge in [-0.05, 0) is 65.8 Å². The molecule has 9 heteroatoms. The first-order valence-electron chi connectivity index (χ1n) is 11.2. The molecule has 1 N–H and O–H groups in total.